The Kier molecular flexibility index (Phi) is 3.89. The van der Waals surface area contributed by atoms with Crippen LogP contribution in [0.25, 0.3) is 10.9 Å². The van der Waals surface area contributed by atoms with Crippen molar-refractivity contribution < 1.29 is 0 Å². The highest BCUT2D eigenvalue weighted by molar-refractivity contribution is 7.99. The molecule has 0 amide bonds. The van der Waals surface area contributed by atoms with Gasteiger partial charge in [0.05, 0.1) is 5.52 Å². The molecule has 1 atom stereocenters. The van der Waals surface area contributed by atoms with Gasteiger partial charge in [0.2, 0.25) is 0 Å². The highest BCUT2D eigenvalue weighted by Gasteiger charge is 2.06. The molecular weight excluding hydrogens is 228 g/mol. The van der Waals surface area contributed by atoms with Gasteiger partial charge in [-0.1, -0.05) is 19.9 Å². The van der Waals surface area contributed by atoms with E-state index in [1.165, 1.54) is 12.0 Å². The molecule has 0 bridgehead atoms. The first-order chi connectivity index (χ1) is 8.22. The van der Waals surface area contributed by atoms with Crippen LogP contribution < -0.4 is 5.73 Å². The van der Waals surface area contributed by atoms with E-state index in [2.05, 4.69) is 24.9 Å². The third-order valence-electron chi connectivity index (χ3n) is 2.99. The van der Waals surface area contributed by atoms with Crippen LogP contribution in [-0.4, -0.2) is 10.2 Å². The number of thioether (sulfide) groups is 1. The van der Waals surface area contributed by atoms with Crippen LogP contribution in [-0.2, 0) is 5.75 Å². The van der Waals surface area contributed by atoms with E-state index in [0.29, 0.717) is 5.25 Å². The summed E-state index contributed by atoms with van der Waals surface area (Å²) in [6, 6.07) is 8.05. The van der Waals surface area contributed by atoms with Gasteiger partial charge in [-0.25, -0.2) is 0 Å². The Hall–Kier alpha value is -1.22. The fourth-order valence-electron chi connectivity index (χ4n) is 1.72. The van der Waals surface area contributed by atoms with Gasteiger partial charge in [0, 0.05) is 28.3 Å². The van der Waals surface area contributed by atoms with Crippen molar-refractivity contribution in [1.29, 1.82) is 0 Å². The zero-order valence-electron chi connectivity index (χ0n) is 10.3. The van der Waals surface area contributed by atoms with Gasteiger partial charge < -0.3 is 5.73 Å². The van der Waals surface area contributed by atoms with E-state index < -0.39 is 0 Å². The van der Waals surface area contributed by atoms with Gasteiger partial charge in [-0.3, -0.25) is 4.98 Å². The van der Waals surface area contributed by atoms with E-state index >= 15 is 0 Å². The van der Waals surface area contributed by atoms with Crippen LogP contribution in [0.1, 0.15) is 25.8 Å². The number of hydrogen-bond donors (Lipinski definition) is 1. The summed E-state index contributed by atoms with van der Waals surface area (Å²) >= 11 is 1.97. The Bertz CT molecular complexity index is 511. The zero-order chi connectivity index (χ0) is 12.3. The predicted molar refractivity (Wildman–Crippen MR) is 77.2 cm³/mol. The highest BCUT2D eigenvalue weighted by Crippen LogP contribution is 2.27. The molecule has 0 fully saturated rings. The fourth-order valence-corrected chi connectivity index (χ4v) is 2.65. The van der Waals surface area contributed by atoms with E-state index in [0.717, 1.165) is 22.3 Å². The lowest BCUT2D eigenvalue weighted by molar-refractivity contribution is 0.905. The van der Waals surface area contributed by atoms with Crippen LogP contribution in [0.4, 0.5) is 5.69 Å². The number of aromatic nitrogens is 1. The average molecular weight is 246 g/mol. The second-order valence-corrected chi connectivity index (χ2v) is 5.67. The summed E-state index contributed by atoms with van der Waals surface area (Å²) in [6.07, 6.45) is 3.03. The van der Waals surface area contributed by atoms with E-state index in [4.69, 9.17) is 5.73 Å². The number of nitrogens with two attached hydrogens (primary N) is 1. The summed E-state index contributed by atoms with van der Waals surface area (Å²) in [7, 11) is 0. The SMILES string of the molecule is CCC(C)SCc1ccc(N)c2cccnc12. The highest BCUT2D eigenvalue weighted by atomic mass is 32.2. The number of hydrogen-bond acceptors (Lipinski definition) is 3. The van der Waals surface area contributed by atoms with Crippen molar-refractivity contribution in [3.63, 3.8) is 0 Å². The van der Waals surface area contributed by atoms with E-state index in [-0.39, 0.29) is 0 Å². The van der Waals surface area contributed by atoms with E-state index in [1.807, 2.05) is 36.2 Å². The van der Waals surface area contributed by atoms with Crippen molar-refractivity contribution >= 4 is 28.4 Å². The molecule has 2 N–H and O–H groups in total. The van der Waals surface area contributed by atoms with Crippen LogP contribution in [0.3, 0.4) is 0 Å². The lowest BCUT2D eigenvalue weighted by Crippen LogP contribution is -1.96. The van der Waals surface area contributed by atoms with Gasteiger partial charge in [-0.15, -0.1) is 0 Å². The summed E-state index contributed by atoms with van der Waals surface area (Å²) in [5.41, 5.74) is 9.09. The molecule has 0 aliphatic rings. The number of pyridine rings is 1. The van der Waals surface area contributed by atoms with Gasteiger partial charge in [0.15, 0.2) is 0 Å². The second kappa shape index (κ2) is 5.41. The molecule has 0 spiro atoms. The Morgan fingerprint density at radius 2 is 2.18 bits per heavy atom. The average Bonchev–Trinajstić information content (AvgIpc) is 2.38. The molecule has 0 saturated heterocycles. The normalized spacial score (nSPS) is 12.8. The summed E-state index contributed by atoms with van der Waals surface area (Å²) in [4.78, 5) is 4.45. The maximum atomic E-state index is 5.96. The molecule has 1 aromatic heterocycles. The fraction of sp³-hybridized carbons (Fsp3) is 0.357. The second-order valence-electron chi connectivity index (χ2n) is 4.24. The molecule has 0 aliphatic heterocycles. The molecule has 3 heteroatoms. The van der Waals surface area contributed by atoms with Crippen molar-refractivity contribution in [2.24, 2.45) is 0 Å². The maximum Gasteiger partial charge on any atom is 0.0763 e. The standard InChI is InChI=1S/C14H18N2S/c1-3-10(2)17-9-11-6-7-13(15)12-5-4-8-16-14(11)12/h4-8,10H,3,9,15H2,1-2H3. The molecule has 2 aromatic rings. The maximum absolute atomic E-state index is 5.96. The topological polar surface area (TPSA) is 38.9 Å². The first-order valence-corrected chi connectivity index (χ1v) is 7.01. The summed E-state index contributed by atoms with van der Waals surface area (Å²) in [6.45, 7) is 4.48. The predicted octanol–water partition coefficient (Wildman–Crippen LogP) is 3.85. The van der Waals surface area contributed by atoms with Crippen molar-refractivity contribution in [2.45, 2.75) is 31.3 Å². The summed E-state index contributed by atoms with van der Waals surface area (Å²) in [5.74, 6) is 1.00. The van der Waals surface area contributed by atoms with Gasteiger partial charge in [0.25, 0.3) is 0 Å². The summed E-state index contributed by atoms with van der Waals surface area (Å²) in [5, 5.41) is 1.75. The minimum Gasteiger partial charge on any atom is -0.398 e. The van der Waals surface area contributed by atoms with Crippen LogP contribution in [0.2, 0.25) is 0 Å². The van der Waals surface area contributed by atoms with Crippen molar-refractivity contribution in [3.8, 4) is 0 Å². The molecule has 0 aliphatic carbocycles. The van der Waals surface area contributed by atoms with Gasteiger partial charge in [0.1, 0.15) is 0 Å². The van der Waals surface area contributed by atoms with Crippen LogP contribution in [0.5, 0.6) is 0 Å². The van der Waals surface area contributed by atoms with Gasteiger partial charge in [-0.2, -0.15) is 11.8 Å². The smallest absolute Gasteiger partial charge is 0.0763 e. The monoisotopic (exact) mass is 246 g/mol. The largest absolute Gasteiger partial charge is 0.398 e. The Morgan fingerprint density at radius 3 is 2.94 bits per heavy atom. The molecule has 1 heterocycles. The first kappa shape index (κ1) is 12.2. The van der Waals surface area contributed by atoms with Gasteiger partial charge >= 0.3 is 0 Å². The quantitative estimate of drug-likeness (QED) is 0.833. The lowest BCUT2D eigenvalue weighted by atomic mass is 10.1. The molecule has 0 radical (unpaired) electrons. The van der Waals surface area contributed by atoms with E-state index in [9.17, 15) is 0 Å². The van der Waals surface area contributed by atoms with Crippen LogP contribution in [0.15, 0.2) is 30.5 Å². The lowest BCUT2D eigenvalue weighted by Gasteiger charge is -2.10. The molecule has 1 aromatic carbocycles. The summed E-state index contributed by atoms with van der Waals surface area (Å²) < 4.78 is 0. The number of nitrogens with zero attached hydrogens (tertiary/aromatic N) is 1. The van der Waals surface area contributed by atoms with Gasteiger partial charge in [-0.05, 0) is 30.2 Å². The number of rotatable bonds is 4. The molecular formula is C14H18N2S. The molecule has 2 nitrogen and oxygen atoms in total. The number of benzene rings is 1. The third kappa shape index (κ3) is 2.72. The van der Waals surface area contributed by atoms with Crippen molar-refractivity contribution in [3.05, 3.63) is 36.0 Å². The van der Waals surface area contributed by atoms with Crippen molar-refractivity contribution in [2.75, 3.05) is 5.73 Å². The number of anilines is 1. The minimum absolute atomic E-state index is 0.686. The number of nitrogen functional groups attached to an aromatic ring is 1. The molecule has 90 valence electrons. The molecule has 2 rings (SSSR count). The van der Waals surface area contributed by atoms with Crippen molar-refractivity contribution in [1.82, 2.24) is 4.98 Å². The Labute approximate surface area is 107 Å². The third-order valence-corrected chi connectivity index (χ3v) is 4.37. The van der Waals surface area contributed by atoms with E-state index in [1.54, 1.807) is 0 Å². The number of fused-ring (bicyclic) bond motifs is 1. The Balaban J connectivity index is 2.32. The molecule has 17 heavy (non-hydrogen) atoms. The zero-order valence-corrected chi connectivity index (χ0v) is 11.1. The minimum atomic E-state index is 0.686. The first-order valence-electron chi connectivity index (χ1n) is 5.96. The van der Waals surface area contributed by atoms with Crippen LogP contribution in [0, 0.1) is 0 Å². The molecule has 0 saturated carbocycles. The Morgan fingerprint density at radius 1 is 1.35 bits per heavy atom. The van der Waals surface area contributed by atoms with Crippen LogP contribution >= 0.6 is 11.8 Å². The molecule has 1 unspecified atom stereocenters.